The quantitative estimate of drug-likeness (QED) is 0.755. The lowest BCUT2D eigenvalue weighted by Gasteiger charge is -2.16. The van der Waals surface area contributed by atoms with Gasteiger partial charge in [0.15, 0.2) is 0 Å². The summed E-state index contributed by atoms with van der Waals surface area (Å²) in [6, 6.07) is 0. The van der Waals surface area contributed by atoms with Gasteiger partial charge in [0.2, 0.25) is 0 Å². The van der Waals surface area contributed by atoms with Gasteiger partial charge >= 0.3 is 0 Å². The third kappa shape index (κ3) is 2.41. The largest absolute Gasteiger partial charge is 0.372 e. The molecule has 2 rings (SSSR count). The molecular weight excluding hydrogens is 242 g/mol. The molecule has 1 fully saturated rings. The maximum atomic E-state index is 5.94. The Morgan fingerprint density at radius 1 is 1.56 bits per heavy atom. The molecule has 0 aliphatic carbocycles. The molecule has 0 N–H and O–H groups in total. The van der Waals surface area contributed by atoms with Gasteiger partial charge in [0.1, 0.15) is 6.10 Å². The molecule has 4 heteroatoms. The van der Waals surface area contributed by atoms with Crippen LogP contribution >= 0.6 is 22.9 Å². The van der Waals surface area contributed by atoms with Crippen LogP contribution in [0.25, 0.3) is 0 Å². The number of halogens is 1. The predicted octanol–water partition coefficient (Wildman–Crippen LogP) is 3.76. The van der Waals surface area contributed by atoms with Gasteiger partial charge < -0.3 is 4.74 Å². The van der Waals surface area contributed by atoms with Crippen molar-refractivity contribution >= 4 is 22.9 Å². The Bertz CT molecular complexity index is 358. The number of hydrogen-bond donors (Lipinski definition) is 0. The number of aromatic nitrogens is 1. The fraction of sp³-hybridized carbons (Fsp3) is 0.750. The number of thiazole rings is 1. The van der Waals surface area contributed by atoms with Crippen LogP contribution in [0, 0.1) is 5.92 Å². The van der Waals surface area contributed by atoms with Crippen molar-refractivity contribution < 1.29 is 4.74 Å². The Morgan fingerprint density at radius 3 is 2.88 bits per heavy atom. The first-order chi connectivity index (χ1) is 7.52. The smallest absolute Gasteiger partial charge is 0.104 e. The van der Waals surface area contributed by atoms with Gasteiger partial charge in [0.25, 0.3) is 0 Å². The second kappa shape index (κ2) is 4.63. The molecule has 1 aliphatic rings. The third-order valence-corrected chi connectivity index (χ3v) is 4.55. The van der Waals surface area contributed by atoms with Crippen molar-refractivity contribution in [2.45, 2.75) is 38.7 Å². The summed E-state index contributed by atoms with van der Waals surface area (Å²) in [6.07, 6.45) is 1.17. The van der Waals surface area contributed by atoms with Crippen molar-refractivity contribution in [1.29, 1.82) is 0 Å². The van der Waals surface area contributed by atoms with Gasteiger partial charge in [-0.3, -0.25) is 0 Å². The van der Waals surface area contributed by atoms with Crippen LogP contribution in [0.5, 0.6) is 0 Å². The maximum absolute atomic E-state index is 5.94. The van der Waals surface area contributed by atoms with Gasteiger partial charge in [-0.25, -0.2) is 4.98 Å². The molecule has 2 nitrogen and oxygen atoms in total. The van der Waals surface area contributed by atoms with Crippen LogP contribution in [0.4, 0.5) is 0 Å². The summed E-state index contributed by atoms with van der Waals surface area (Å²) in [5.74, 6) is 1.09. The molecule has 2 unspecified atom stereocenters. The lowest BCUT2D eigenvalue weighted by atomic mass is 9.98. The molecule has 16 heavy (non-hydrogen) atoms. The van der Waals surface area contributed by atoms with Crippen LogP contribution in [0.3, 0.4) is 0 Å². The van der Waals surface area contributed by atoms with Crippen LogP contribution in [0.2, 0.25) is 0 Å². The summed E-state index contributed by atoms with van der Waals surface area (Å²) in [5, 5.41) is 3.29. The minimum atomic E-state index is 0.116. The molecule has 0 amide bonds. The van der Waals surface area contributed by atoms with E-state index in [1.165, 1.54) is 5.01 Å². The van der Waals surface area contributed by atoms with Gasteiger partial charge in [0.05, 0.1) is 10.7 Å². The second-order valence-corrected chi connectivity index (χ2v) is 6.49. The highest BCUT2D eigenvalue weighted by Gasteiger charge is 2.31. The lowest BCUT2D eigenvalue weighted by Crippen LogP contribution is -2.13. The van der Waals surface area contributed by atoms with Crippen molar-refractivity contribution in [2.24, 2.45) is 5.92 Å². The molecule has 0 saturated carbocycles. The first-order valence-electron chi connectivity index (χ1n) is 5.66. The molecule has 2 heterocycles. The van der Waals surface area contributed by atoms with E-state index in [1.807, 2.05) is 0 Å². The number of alkyl halides is 1. The van der Waals surface area contributed by atoms with Crippen LogP contribution in [0.15, 0.2) is 5.38 Å². The molecule has 90 valence electrons. The van der Waals surface area contributed by atoms with Gasteiger partial charge in [-0.05, 0) is 6.42 Å². The normalized spacial score (nSPS) is 26.2. The molecular formula is C12H18ClNOS. The predicted molar refractivity (Wildman–Crippen MR) is 68.3 cm³/mol. The molecule has 2 atom stereocenters. The summed E-state index contributed by atoms with van der Waals surface area (Å²) < 4.78 is 5.73. The molecule has 0 bridgehead atoms. The lowest BCUT2D eigenvalue weighted by molar-refractivity contribution is 0.0920. The fourth-order valence-corrected chi connectivity index (χ4v) is 3.13. The van der Waals surface area contributed by atoms with Crippen molar-refractivity contribution in [3.63, 3.8) is 0 Å². The van der Waals surface area contributed by atoms with E-state index < -0.39 is 0 Å². The summed E-state index contributed by atoms with van der Waals surface area (Å²) in [7, 11) is 0. The van der Waals surface area contributed by atoms with Gasteiger partial charge in [-0.15, -0.1) is 22.9 Å². The van der Waals surface area contributed by atoms with Gasteiger partial charge in [-0.2, -0.15) is 0 Å². The second-order valence-electron chi connectivity index (χ2n) is 5.32. The SMILES string of the molecule is CC(C)(C)c1nc(C2OCCC2CCl)cs1. The summed E-state index contributed by atoms with van der Waals surface area (Å²) in [4.78, 5) is 4.70. The van der Waals surface area contributed by atoms with E-state index in [2.05, 4.69) is 26.2 Å². The summed E-state index contributed by atoms with van der Waals surface area (Å²) >= 11 is 7.67. The Balaban J connectivity index is 2.18. The first-order valence-corrected chi connectivity index (χ1v) is 7.07. The zero-order chi connectivity index (χ0) is 11.8. The molecule has 1 saturated heterocycles. The van der Waals surface area contributed by atoms with E-state index in [-0.39, 0.29) is 11.5 Å². The molecule has 1 aliphatic heterocycles. The van der Waals surface area contributed by atoms with Crippen molar-refractivity contribution in [1.82, 2.24) is 4.98 Å². The van der Waals surface area contributed by atoms with E-state index in [0.717, 1.165) is 18.7 Å². The van der Waals surface area contributed by atoms with E-state index in [0.29, 0.717) is 11.8 Å². The summed E-state index contributed by atoms with van der Waals surface area (Å²) in [6.45, 7) is 7.36. The Hall–Kier alpha value is -0.120. The average molecular weight is 260 g/mol. The Kier molecular flexibility index (Phi) is 3.57. The van der Waals surface area contributed by atoms with Gasteiger partial charge in [-0.1, -0.05) is 20.8 Å². The molecule has 1 aromatic heterocycles. The molecule has 1 aromatic rings. The number of hydrogen-bond acceptors (Lipinski definition) is 3. The average Bonchev–Trinajstić information content (AvgIpc) is 2.84. The molecule has 0 aromatic carbocycles. The fourth-order valence-electron chi connectivity index (χ4n) is 1.88. The van der Waals surface area contributed by atoms with E-state index >= 15 is 0 Å². The topological polar surface area (TPSA) is 22.1 Å². The highest BCUT2D eigenvalue weighted by Crippen LogP contribution is 2.37. The van der Waals surface area contributed by atoms with E-state index in [9.17, 15) is 0 Å². The van der Waals surface area contributed by atoms with Crippen molar-refractivity contribution in [3.8, 4) is 0 Å². The van der Waals surface area contributed by atoms with Crippen molar-refractivity contribution in [2.75, 3.05) is 12.5 Å². The van der Waals surface area contributed by atoms with E-state index in [4.69, 9.17) is 21.3 Å². The van der Waals surface area contributed by atoms with Crippen LogP contribution in [-0.4, -0.2) is 17.5 Å². The van der Waals surface area contributed by atoms with Crippen LogP contribution < -0.4 is 0 Å². The van der Waals surface area contributed by atoms with Crippen LogP contribution in [0.1, 0.15) is 44.0 Å². The highest BCUT2D eigenvalue weighted by atomic mass is 35.5. The van der Waals surface area contributed by atoms with Crippen LogP contribution in [-0.2, 0) is 10.2 Å². The zero-order valence-electron chi connectivity index (χ0n) is 10.00. The monoisotopic (exact) mass is 259 g/mol. The van der Waals surface area contributed by atoms with Crippen molar-refractivity contribution in [3.05, 3.63) is 16.1 Å². The number of nitrogens with zero attached hydrogens (tertiary/aromatic N) is 1. The minimum Gasteiger partial charge on any atom is -0.372 e. The first kappa shape index (κ1) is 12.3. The molecule has 0 radical (unpaired) electrons. The minimum absolute atomic E-state index is 0.116. The number of rotatable bonds is 2. The number of ether oxygens (including phenoxy) is 1. The third-order valence-electron chi connectivity index (χ3n) is 2.87. The Morgan fingerprint density at radius 2 is 2.31 bits per heavy atom. The maximum Gasteiger partial charge on any atom is 0.104 e. The standard InChI is InChI=1S/C12H18ClNOS/c1-12(2,3)11-14-9(7-16-11)10-8(6-13)4-5-15-10/h7-8,10H,4-6H2,1-3H3. The summed E-state index contributed by atoms with van der Waals surface area (Å²) in [5.41, 5.74) is 1.19. The molecule has 0 spiro atoms. The zero-order valence-corrected chi connectivity index (χ0v) is 11.6. The van der Waals surface area contributed by atoms with E-state index in [1.54, 1.807) is 11.3 Å². The Labute approximate surface area is 106 Å². The highest BCUT2D eigenvalue weighted by molar-refractivity contribution is 7.09. The van der Waals surface area contributed by atoms with Gasteiger partial charge in [0, 0.05) is 29.2 Å².